The molecule has 1 saturated carbocycles. The molecule has 3 N–H and O–H groups in total. The van der Waals surface area contributed by atoms with Gasteiger partial charge in [-0.1, -0.05) is 0 Å². The van der Waals surface area contributed by atoms with Crippen LogP contribution < -0.4 is 10.6 Å². The number of halogens is 1. The summed E-state index contributed by atoms with van der Waals surface area (Å²) < 4.78 is 0.807. The van der Waals surface area contributed by atoms with Crippen molar-refractivity contribution >= 4 is 27.7 Å². The lowest BCUT2D eigenvalue weighted by Gasteiger charge is -2.36. The van der Waals surface area contributed by atoms with Gasteiger partial charge in [0.2, 0.25) is 5.95 Å². The normalized spacial score (nSPS) is 17.4. The summed E-state index contributed by atoms with van der Waals surface area (Å²) in [5.41, 5.74) is -0.553. The van der Waals surface area contributed by atoms with Crippen LogP contribution in [0, 0.1) is 0 Å². The first-order valence-electron chi connectivity index (χ1n) is 5.86. The van der Waals surface area contributed by atoms with Crippen molar-refractivity contribution in [2.75, 3.05) is 23.7 Å². The Hall–Kier alpha value is -0.880. The lowest BCUT2D eigenvalue weighted by molar-refractivity contribution is -0.0202. The molecule has 0 amide bonds. The first-order valence-corrected chi connectivity index (χ1v) is 6.65. The Kier molecular flexibility index (Phi) is 3.83. The summed E-state index contributed by atoms with van der Waals surface area (Å²) in [7, 11) is 0. The van der Waals surface area contributed by atoms with Crippen molar-refractivity contribution in [1.29, 1.82) is 0 Å². The largest absolute Gasteiger partial charge is 0.388 e. The van der Waals surface area contributed by atoms with Crippen molar-refractivity contribution in [3.63, 3.8) is 0 Å². The van der Waals surface area contributed by atoms with Crippen LogP contribution in [0.2, 0.25) is 0 Å². The number of aliphatic hydroxyl groups is 1. The van der Waals surface area contributed by atoms with Crippen LogP contribution in [0.1, 0.15) is 26.2 Å². The fourth-order valence-corrected chi connectivity index (χ4v) is 2.08. The lowest BCUT2D eigenvalue weighted by Crippen LogP contribution is -2.43. The molecule has 0 aromatic carbocycles. The van der Waals surface area contributed by atoms with Crippen LogP contribution in [-0.2, 0) is 0 Å². The summed E-state index contributed by atoms with van der Waals surface area (Å²) in [4.78, 5) is 8.47. The minimum Gasteiger partial charge on any atom is -0.388 e. The zero-order valence-electron chi connectivity index (χ0n) is 9.83. The van der Waals surface area contributed by atoms with Gasteiger partial charge in [0.25, 0.3) is 0 Å². The molecule has 0 spiro atoms. The number of nitrogens with zero attached hydrogens (tertiary/aromatic N) is 2. The van der Waals surface area contributed by atoms with Gasteiger partial charge in [-0.25, -0.2) is 4.98 Å². The molecule has 1 aliphatic rings. The first-order chi connectivity index (χ1) is 8.13. The molecule has 0 radical (unpaired) electrons. The molecule has 1 aromatic heterocycles. The third-order valence-corrected chi connectivity index (χ3v) is 3.53. The highest BCUT2D eigenvalue weighted by Crippen LogP contribution is 2.32. The van der Waals surface area contributed by atoms with E-state index in [1.165, 1.54) is 0 Å². The molecule has 5 nitrogen and oxygen atoms in total. The average Bonchev–Trinajstić information content (AvgIpc) is 2.28. The van der Waals surface area contributed by atoms with E-state index in [-0.39, 0.29) is 0 Å². The predicted octanol–water partition coefficient (Wildman–Crippen LogP) is 2.00. The molecule has 0 atom stereocenters. The van der Waals surface area contributed by atoms with Gasteiger partial charge in [-0.05, 0) is 42.1 Å². The van der Waals surface area contributed by atoms with E-state index >= 15 is 0 Å². The number of aromatic nitrogens is 2. The molecule has 0 bridgehead atoms. The van der Waals surface area contributed by atoms with Crippen molar-refractivity contribution in [1.82, 2.24) is 9.97 Å². The SMILES string of the molecule is CCNc1ncc(Br)c(NCC2(O)CCC2)n1. The zero-order chi connectivity index (χ0) is 12.3. The van der Waals surface area contributed by atoms with Gasteiger partial charge in [-0.3, -0.25) is 0 Å². The molecule has 6 heteroatoms. The smallest absolute Gasteiger partial charge is 0.224 e. The fraction of sp³-hybridized carbons (Fsp3) is 0.636. The Morgan fingerprint density at radius 3 is 2.82 bits per heavy atom. The van der Waals surface area contributed by atoms with E-state index in [2.05, 4.69) is 36.5 Å². The maximum absolute atomic E-state index is 10.00. The molecule has 0 saturated heterocycles. The molecule has 1 fully saturated rings. The van der Waals surface area contributed by atoms with E-state index < -0.39 is 5.60 Å². The third-order valence-electron chi connectivity index (χ3n) is 2.95. The number of nitrogens with one attached hydrogen (secondary N) is 2. The summed E-state index contributed by atoms with van der Waals surface area (Å²) in [5, 5.41) is 16.2. The van der Waals surface area contributed by atoms with E-state index in [0.717, 1.165) is 36.1 Å². The molecule has 1 heterocycles. The van der Waals surface area contributed by atoms with Crippen molar-refractivity contribution in [3.05, 3.63) is 10.7 Å². The van der Waals surface area contributed by atoms with Crippen LogP contribution in [0.4, 0.5) is 11.8 Å². The van der Waals surface area contributed by atoms with E-state index in [0.29, 0.717) is 12.5 Å². The second-order valence-corrected chi connectivity index (χ2v) is 5.21. The topological polar surface area (TPSA) is 70.1 Å². The molecule has 17 heavy (non-hydrogen) atoms. The Morgan fingerprint density at radius 2 is 2.24 bits per heavy atom. The van der Waals surface area contributed by atoms with E-state index in [1.807, 2.05) is 6.92 Å². The van der Waals surface area contributed by atoms with Crippen LogP contribution in [0.3, 0.4) is 0 Å². The maximum Gasteiger partial charge on any atom is 0.224 e. The molecule has 1 aliphatic carbocycles. The van der Waals surface area contributed by atoms with Crippen molar-refractivity contribution in [2.45, 2.75) is 31.8 Å². The van der Waals surface area contributed by atoms with Crippen LogP contribution in [0.5, 0.6) is 0 Å². The highest BCUT2D eigenvalue weighted by Gasteiger charge is 2.34. The Balaban J connectivity index is 2.00. The van der Waals surface area contributed by atoms with Gasteiger partial charge in [0.15, 0.2) is 0 Å². The van der Waals surface area contributed by atoms with E-state index in [1.54, 1.807) is 6.20 Å². The zero-order valence-corrected chi connectivity index (χ0v) is 11.4. The number of hydrogen-bond acceptors (Lipinski definition) is 5. The van der Waals surface area contributed by atoms with Crippen molar-refractivity contribution in [3.8, 4) is 0 Å². The van der Waals surface area contributed by atoms with Gasteiger partial charge in [-0.15, -0.1) is 0 Å². The summed E-state index contributed by atoms with van der Waals surface area (Å²) in [6.45, 7) is 3.31. The van der Waals surface area contributed by atoms with Crippen LogP contribution >= 0.6 is 15.9 Å². The number of hydrogen-bond donors (Lipinski definition) is 3. The summed E-state index contributed by atoms with van der Waals surface area (Å²) in [5.74, 6) is 1.31. The molecule has 0 aliphatic heterocycles. The molecule has 2 rings (SSSR count). The lowest BCUT2D eigenvalue weighted by atomic mass is 9.80. The third kappa shape index (κ3) is 3.07. The average molecular weight is 301 g/mol. The fourth-order valence-electron chi connectivity index (χ4n) is 1.74. The van der Waals surface area contributed by atoms with Crippen LogP contribution in [0.15, 0.2) is 10.7 Å². The van der Waals surface area contributed by atoms with Crippen LogP contribution in [-0.4, -0.2) is 33.8 Å². The second kappa shape index (κ2) is 5.18. The Labute approximate surface area is 109 Å². The molecule has 1 aromatic rings. The van der Waals surface area contributed by atoms with E-state index in [4.69, 9.17) is 0 Å². The monoisotopic (exact) mass is 300 g/mol. The van der Waals surface area contributed by atoms with Gasteiger partial charge in [0, 0.05) is 19.3 Å². The highest BCUT2D eigenvalue weighted by atomic mass is 79.9. The first kappa shape index (κ1) is 12.6. The number of rotatable bonds is 5. The molecule has 94 valence electrons. The van der Waals surface area contributed by atoms with Crippen molar-refractivity contribution < 1.29 is 5.11 Å². The van der Waals surface area contributed by atoms with Gasteiger partial charge in [-0.2, -0.15) is 4.98 Å². The van der Waals surface area contributed by atoms with Gasteiger partial charge in [0.1, 0.15) is 5.82 Å². The quantitative estimate of drug-likeness (QED) is 0.776. The Bertz CT molecular complexity index is 395. The Morgan fingerprint density at radius 1 is 1.47 bits per heavy atom. The predicted molar refractivity (Wildman–Crippen MR) is 71.2 cm³/mol. The minimum absolute atomic E-state index is 0.536. The molecule has 0 unspecified atom stereocenters. The summed E-state index contributed by atoms with van der Waals surface area (Å²) >= 11 is 3.39. The summed E-state index contributed by atoms with van der Waals surface area (Å²) in [6, 6.07) is 0. The maximum atomic E-state index is 10.00. The highest BCUT2D eigenvalue weighted by molar-refractivity contribution is 9.10. The number of anilines is 2. The minimum atomic E-state index is -0.553. The van der Waals surface area contributed by atoms with Crippen LogP contribution in [0.25, 0.3) is 0 Å². The summed E-state index contributed by atoms with van der Waals surface area (Å²) in [6.07, 6.45) is 4.54. The second-order valence-electron chi connectivity index (χ2n) is 4.35. The van der Waals surface area contributed by atoms with Gasteiger partial charge >= 0.3 is 0 Å². The van der Waals surface area contributed by atoms with Gasteiger partial charge < -0.3 is 15.7 Å². The standard InChI is InChI=1S/C11H17BrN4O/c1-2-13-10-14-6-8(12)9(16-10)15-7-11(17)4-3-5-11/h6,17H,2-5,7H2,1H3,(H2,13,14,15,16). The molecular weight excluding hydrogens is 284 g/mol. The van der Waals surface area contributed by atoms with E-state index in [9.17, 15) is 5.11 Å². The van der Waals surface area contributed by atoms with Crippen molar-refractivity contribution in [2.24, 2.45) is 0 Å². The molecular formula is C11H17BrN4O. The van der Waals surface area contributed by atoms with Gasteiger partial charge in [0.05, 0.1) is 10.1 Å².